The van der Waals surface area contributed by atoms with Crippen LogP contribution >= 0.6 is 0 Å². The number of aromatic amines is 1. The molecule has 2 fully saturated rings. The number of aromatic nitrogens is 1. The van der Waals surface area contributed by atoms with Crippen molar-refractivity contribution in [2.45, 2.75) is 274 Å². The van der Waals surface area contributed by atoms with Crippen molar-refractivity contribution >= 4 is 111 Å². The molecule has 7 rings (SSSR count). The molecule has 0 aliphatic carbocycles. The summed E-state index contributed by atoms with van der Waals surface area (Å²) in [4.78, 5) is 246. The van der Waals surface area contributed by atoms with Crippen LogP contribution in [0, 0.1) is 17.8 Å². The number of carboxylic acid groups (broad SMARTS) is 1. The molecule has 28 N–H and O–H groups in total. The van der Waals surface area contributed by atoms with E-state index >= 15 is 0 Å². The zero-order chi connectivity index (χ0) is 99.8. The molecular weight excluding hydrogens is 1760 g/mol. The topological polar surface area (TPSA) is 674 Å². The lowest BCUT2D eigenvalue weighted by Crippen LogP contribution is -2.61. The van der Waals surface area contributed by atoms with Crippen LogP contribution in [0.5, 0.6) is 11.5 Å². The van der Waals surface area contributed by atoms with Gasteiger partial charge in [-0.05, 0) is 199 Å². The third-order valence-corrected chi connectivity index (χ3v) is 24.2. The molecule has 0 saturated carbocycles. The number of phenols is 2. The van der Waals surface area contributed by atoms with Crippen LogP contribution in [0.15, 0.2) is 109 Å². The van der Waals surface area contributed by atoms with Crippen molar-refractivity contribution in [3.05, 3.63) is 132 Å². The Morgan fingerprint density at radius 2 is 0.838 bits per heavy atom. The number of carboxylic acids is 1. The number of unbranched alkanes of at least 4 members (excludes halogenated alkanes) is 3. The first-order chi connectivity index (χ1) is 64.8. The Morgan fingerprint density at radius 3 is 1.34 bits per heavy atom. The van der Waals surface area contributed by atoms with Crippen LogP contribution in [0.3, 0.4) is 0 Å². The van der Waals surface area contributed by atoms with Gasteiger partial charge in [0.05, 0.1) is 12.6 Å². The maximum absolute atomic E-state index is 15.0. The SMILES string of the molecule is CC[C@H](C)[C@H](NC(=O)[C@H](CC(C)C)NC(=O)[C@H](Cc1ccccc1)NC(=O)[C@H](CCCCN)NC(=O)[C@@H]1CCCN1C(=O)[C@@H](NC(=O)[C@H](CCCCN)NC(=O)CNC(=O)[C@@H]1CCCN1C(=O)[C@H](CCCCN)NC(=O)[C@H](CCC(N)=O)NC(=O)[C@H](CCC(N)=O)NC(=O)[C@H](Cc1ccc(O)cc1)NC(=O)[C@@H](N)Cc1c[nH]c2ccccc12)C(C)C)C(=O)N[C@@H](Cc1ccc(O)cc1)C(=O)O. The van der Waals surface area contributed by atoms with Crippen LogP contribution < -0.4 is 98.2 Å². The molecule has 41 heteroatoms. The average molecular weight is 1900 g/mol. The Morgan fingerprint density at radius 1 is 0.426 bits per heavy atom. The largest absolute Gasteiger partial charge is 0.508 e. The molecule has 5 aromatic rings. The first-order valence-corrected chi connectivity index (χ1v) is 46.9. The number of primary amides is 2. The summed E-state index contributed by atoms with van der Waals surface area (Å²) in [5, 5.41) is 63.1. The standard InChI is InChI=1S/C95H139N21O20/c1-7-56(6)81(92(132)112-74(95(135)136)50-59-32-36-62(118)37-33-59)114-89(129)71(47-54(2)3)110-88(128)73(48-57-21-9-8-10-22-57)111-83(123)67(26-14-17-43-97)107-91(131)76-29-20-46-116(76)94(134)80(55(4)5)113-86(126)66(25-13-16-42-96)104-79(121)53-103-90(130)75-28-19-45-115(75)93(133)70(27-15-18-44-98)108-85(125)69(39-41-78(101)120)105-84(124)68(38-40-77(100)119)106-87(127)72(49-58-30-34-61(117)35-31-58)109-82(122)64(99)51-60-52-102-65-24-12-11-23-63(60)65/h8-12,21-24,30-37,52,54-56,64,66-76,80-81,102,117-118H,7,13-20,25-29,38-51,53,96-99H2,1-6H3,(H2,100,119)(H2,101,120)(H,103,130)(H,104,121)(H,105,124)(H,106,127)(H,107,131)(H,108,125)(H,109,122)(H,110,128)(H,111,123)(H,112,132)(H,113,126)(H,114,129)(H,135,136)/t56-,64-,66-,67-,68-,69-,70-,71-,72-,73-,74-,75-,76-,80-,81-/m0/s1. The van der Waals surface area contributed by atoms with Crippen LogP contribution in [0.4, 0.5) is 0 Å². The minimum atomic E-state index is -1.66. The number of nitrogens with two attached hydrogens (primary N) is 6. The van der Waals surface area contributed by atoms with Crippen molar-refractivity contribution in [1.29, 1.82) is 0 Å². The number of rotatable bonds is 58. The second-order valence-electron chi connectivity index (χ2n) is 35.7. The van der Waals surface area contributed by atoms with E-state index in [9.17, 15) is 96.8 Å². The summed E-state index contributed by atoms with van der Waals surface area (Å²) in [5.41, 5.74) is 38.3. The molecule has 4 aromatic carbocycles. The molecule has 2 saturated heterocycles. The van der Waals surface area contributed by atoms with Gasteiger partial charge >= 0.3 is 5.97 Å². The molecule has 3 heterocycles. The summed E-state index contributed by atoms with van der Waals surface area (Å²) in [5.74, 6) is -16.1. The number of amides is 16. The van der Waals surface area contributed by atoms with Crippen LogP contribution in [-0.2, 0) is 107 Å². The maximum Gasteiger partial charge on any atom is 0.326 e. The predicted molar refractivity (Wildman–Crippen MR) is 504 cm³/mol. The van der Waals surface area contributed by atoms with Gasteiger partial charge in [-0.25, -0.2) is 4.79 Å². The minimum absolute atomic E-state index is 0.00116. The predicted octanol–water partition coefficient (Wildman–Crippen LogP) is -0.641. The fraction of sp³-hybridized carbons (Fsp3) is 0.547. The second-order valence-corrected chi connectivity index (χ2v) is 35.7. The van der Waals surface area contributed by atoms with Crippen LogP contribution in [0.2, 0.25) is 0 Å². The smallest absolute Gasteiger partial charge is 0.326 e. The molecule has 136 heavy (non-hydrogen) atoms. The van der Waals surface area contributed by atoms with E-state index in [1.54, 1.807) is 64.2 Å². The van der Waals surface area contributed by atoms with Gasteiger partial charge in [0.2, 0.25) is 94.5 Å². The van der Waals surface area contributed by atoms with Gasteiger partial charge in [0.25, 0.3) is 0 Å². The summed E-state index contributed by atoms with van der Waals surface area (Å²) < 4.78 is 0. The van der Waals surface area contributed by atoms with Gasteiger partial charge in [0.1, 0.15) is 90.0 Å². The summed E-state index contributed by atoms with van der Waals surface area (Å²) in [7, 11) is 0. The van der Waals surface area contributed by atoms with Gasteiger partial charge in [-0.3, -0.25) is 76.7 Å². The summed E-state index contributed by atoms with van der Waals surface area (Å²) >= 11 is 0. The number of benzene rings is 4. The number of carbonyl (C=O) groups excluding carboxylic acids is 16. The first-order valence-electron chi connectivity index (χ1n) is 46.9. The van der Waals surface area contributed by atoms with Crippen molar-refractivity contribution < 1.29 is 96.8 Å². The number of hydrogen-bond donors (Lipinski definition) is 22. The van der Waals surface area contributed by atoms with E-state index in [4.69, 9.17) is 34.4 Å². The molecule has 744 valence electrons. The lowest BCUT2D eigenvalue weighted by Gasteiger charge is -2.32. The Kier molecular flexibility index (Phi) is 44.9. The van der Waals surface area contributed by atoms with E-state index in [1.807, 2.05) is 38.1 Å². The van der Waals surface area contributed by atoms with E-state index in [0.29, 0.717) is 61.6 Å². The Balaban J connectivity index is 1.01. The number of aromatic hydroxyl groups is 2. The number of fused-ring (bicyclic) bond motifs is 1. The van der Waals surface area contributed by atoms with Crippen molar-refractivity contribution in [1.82, 2.24) is 78.6 Å². The maximum atomic E-state index is 15.0. The third-order valence-electron chi connectivity index (χ3n) is 24.2. The Hall–Kier alpha value is -13.2. The molecule has 16 amide bonds. The molecule has 41 nitrogen and oxygen atoms in total. The van der Waals surface area contributed by atoms with E-state index < -0.39 is 229 Å². The van der Waals surface area contributed by atoms with Crippen molar-refractivity contribution in [2.75, 3.05) is 39.3 Å². The lowest BCUT2D eigenvalue weighted by atomic mass is 9.95. The molecular formula is C95H139N21O20. The fourth-order valence-corrected chi connectivity index (χ4v) is 16.3. The molecule has 1 aromatic heterocycles. The minimum Gasteiger partial charge on any atom is -0.508 e. The van der Waals surface area contributed by atoms with Crippen LogP contribution in [-0.4, -0.2) is 254 Å². The van der Waals surface area contributed by atoms with Gasteiger partial charge in [-0.15, -0.1) is 0 Å². The molecule has 0 radical (unpaired) electrons. The summed E-state index contributed by atoms with van der Waals surface area (Å²) in [6, 6.07) is 8.49. The quantitative estimate of drug-likeness (QED) is 0.0215. The molecule has 2 aliphatic heterocycles. The summed E-state index contributed by atoms with van der Waals surface area (Å²) in [6.45, 7) is 10.4. The molecule has 0 unspecified atom stereocenters. The van der Waals surface area contributed by atoms with Crippen molar-refractivity contribution in [2.24, 2.45) is 52.2 Å². The monoisotopic (exact) mass is 1890 g/mol. The number of hydrogen-bond acceptors (Lipinski definition) is 23. The number of aliphatic carboxylic acids is 1. The van der Waals surface area contributed by atoms with Crippen molar-refractivity contribution in [3.63, 3.8) is 0 Å². The molecule has 0 spiro atoms. The van der Waals surface area contributed by atoms with Crippen LogP contribution in [0.25, 0.3) is 10.9 Å². The highest BCUT2D eigenvalue weighted by Crippen LogP contribution is 2.26. The highest BCUT2D eigenvalue weighted by Gasteiger charge is 2.44. The lowest BCUT2D eigenvalue weighted by molar-refractivity contribution is -0.143. The molecule has 15 atom stereocenters. The molecule has 2 aliphatic rings. The number of likely N-dealkylation sites (tertiary alicyclic amines) is 2. The third kappa shape index (κ3) is 35.0. The number of H-pyrrole nitrogens is 1. The van der Waals surface area contributed by atoms with E-state index in [0.717, 1.165) is 16.5 Å². The summed E-state index contributed by atoms with van der Waals surface area (Å²) in [6.07, 6.45) is 2.76. The van der Waals surface area contributed by atoms with Gasteiger partial charge in [-0.2, -0.15) is 0 Å². The highest BCUT2D eigenvalue weighted by molar-refractivity contribution is 6.01. The number of phenolic OH excluding ortho intramolecular Hbond substituents is 2. The Labute approximate surface area is 791 Å². The van der Waals surface area contributed by atoms with Crippen molar-refractivity contribution in [3.8, 4) is 11.5 Å². The number of carbonyl (C=O) groups is 17. The normalized spacial score (nSPS) is 16.4. The van der Waals surface area contributed by atoms with Gasteiger partial charge in [-0.1, -0.05) is 121 Å². The van der Waals surface area contributed by atoms with E-state index in [-0.39, 0.29) is 127 Å². The zero-order valence-corrected chi connectivity index (χ0v) is 78.4. The fourth-order valence-electron chi connectivity index (χ4n) is 16.3. The van der Waals surface area contributed by atoms with Gasteiger partial charge in [0, 0.05) is 62.3 Å². The highest BCUT2D eigenvalue weighted by atomic mass is 16.4. The van der Waals surface area contributed by atoms with Crippen LogP contribution in [0.1, 0.15) is 186 Å². The van der Waals surface area contributed by atoms with E-state index in [1.165, 1.54) is 58.3 Å². The average Bonchev–Trinajstić information content (AvgIpc) is 1.67. The second kappa shape index (κ2) is 55.6. The van der Waals surface area contributed by atoms with E-state index in [2.05, 4.69) is 68.8 Å². The number of nitrogens with zero attached hydrogens (tertiary/aromatic N) is 2. The number of nitrogens with one attached hydrogen (secondary N) is 13. The molecule has 0 bridgehead atoms. The zero-order valence-electron chi connectivity index (χ0n) is 78.4. The van der Waals surface area contributed by atoms with Gasteiger partial charge < -0.3 is 128 Å². The van der Waals surface area contributed by atoms with Gasteiger partial charge in [0.15, 0.2) is 0 Å². The Bertz CT molecular complexity index is 4870. The number of para-hydroxylation sites is 1. The first kappa shape index (κ1) is 110.